The van der Waals surface area contributed by atoms with Crippen LogP contribution >= 0.6 is 15.9 Å². The zero-order valence-electron chi connectivity index (χ0n) is 11.3. The predicted octanol–water partition coefficient (Wildman–Crippen LogP) is 3.49. The maximum absolute atomic E-state index is 11.3. The van der Waals surface area contributed by atoms with Gasteiger partial charge in [0.2, 0.25) is 0 Å². The molecule has 0 unspecified atom stereocenters. The van der Waals surface area contributed by atoms with Crippen LogP contribution in [-0.2, 0) is 6.54 Å². The number of benzene rings is 1. The van der Waals surface area contributed by atoms with Gasteiger partial charge in [0.05, 0.1) is 23.5 Å². The molecule has 0 aliphatic rings. The Balaban J connectivity index is 2.29. The van der Waals surface area contributed by atoms with Gasteiger partial charge >= 0.3 is 5.97 Å². The minimum Gasteiger partial charge on any atom is -0.478 e. The number of nitrogens with zero attached hydrogens (tertiary/aromatic N) is 2. The van der Waals surface area contributed by atoms with E-state index < -0.39 is 5.97 Å². The zero-order valence-corrected chi connectivity index (χ0v) is 12.9. The molecule has 0 amide bonds. The zero-order chi connectivity index (χ0) is 14.7. The highest BCUT2D eigenvalue weighted by Gasteiger charge is 2.14. The van der Waals surface area contributed by atoms with Crippen LogP contribution in [0.1, 0.15) is 21.7 Å². The molecular weight excluding hydrogens is 320 g/mol. The van der Waals surface area contributed by atoms with Crippen LogP contribution < -0.4 is 4.90 Å². The van der Waals surface area contributed by atoms with E-state index in [1.807, 2.05) is 43.1 Å². The molecule has 2 rings (SSSR count). The molecule has 0 aliphatic heterocycles. The Labute approximate surface area is 126 Å². The molecule has 0 saturated heterocycles. The first-order valence-electron chi connectivity index (χ1n) is 6.14. The lowest BCUT2D eigenvalue weighted by molar-refractivity contribution is 0.0697. The van der Waals surface area contributed by atoms with Gasteiger partial charge in [0.1, 0.15) is 0 Å². The fourth-order valence-electron chi connectivity index (χ4n) is 2.03. The second kappa shape index (κ2) is 6.05. The van der Waals surface area contributed by atoms with Crippen molar-refractivity contribution in [3.63, 3.8) is 0 Å². The topological polar surface area (TPSA) is 53.4 Å². The first-order chi connectivity index (χ1) is 9.47. The van der Waals surface area contributed by atoms with Crippen molar-refractivity contribution in [3.8, 4) is 0 Å². The van der Waals surface area contributed by atoms with Crippen LogP contribution in [0.4, 0.5) is 5.69 Å². The minimum atomic E-state index is -0.939. The number of carbonyl (C=O) groups is 1. The molecule has 20 heavy (non-hydrogen) atoms. The monoisotopic (exact) mass is 334 g/mol. The molecule has 0 bridgehead atoms. The van der Waals surface area contributed by atoms with Gasteiger partial charge in [-0.2, -0.15) is 0 Å². The van der Waals surface area contributed by atoms with E-state index in [1.54, 1.807) is 12.1 Å². The summed E-state index contributed by atoms with van der Waals surface area (Å²) in [4.78, 5) is 17.6. The maximum Gasteiger partial charge on any atom is 0.337 e. The number of hydrogen-bond acceptors (Lipinski definition) is 3. The van der Waals surface area contributed by atoms with Gasteiger partial charge < -0.3 is 10.0 Å². The molecule has 1 aromatic heterocycles. The second-order valence-electron chi connectivity index (χ2n) is 4.59. The van der Waals surface area contributed by atoms with Crippen molar-refractivity contribution >= 4 is 27.6 Å². The smallest absolute Gasteiger partial charge is 0.337 e. The molecule has 4 nitrogen and oxygen atoms in total. The van der Waals surface area contributed by atoms with Crippen molar-refractivity contribution in [1.29, 1.82) is 0 Å². The quantitative estimate of drug-likeness (QED) is 0.929. The molecule has 1 heterocycles. The average molecular weight is 335 g/mol. The molecular formula is C15H15BrN2O2. The molecule has 5 heteroatoms. The summed E-state index contributed by atoms with van der Waals surface area (Å²) in [6.45, 7) is 2.50. The van der Waals surface area contributed by atoms with Crippen LogP contribution in [0.2, 0.25) is 0 Å². The van der Waals surface area contributed by atoms with E-state index in [-0.39, 0.29) is 5.56 Å². The summed E-state index contributed by atoms with van der Waals surface area (Å²) in [6, 6.07) is 11.1. The molecule has 2 aromatic rings. The standard InChI is InChI=1S/C15H15BrN2O2/c1-10-4-3-5-12(17-10)9-18(2)14-7-6-11(16)8-13(14)15(19)20/h3-8H,9H2,1-2H3,(H,19,20). The van der Waals surface area contributed by atoms with Gasteiger partial charge in [-0.25, -0.2) is 4.79 Å². The van der Waals surface area contributed by atoms with E-state index in [0.29, 0.717) is 12.2 Å². The molecule has 0 fully saturated rings. The van der Waals surface area contributed by atoms with Gasteiger partial charge in [-0.3, -0.25) is 4.98 Å². The summed E-state index contributed by atoms with van der Waals surface area (Å²) in [7, 11) is 1.86. The number of pyridine rings is 1. The Morgan fingerprint density at radius 3 is 2.75 bits per heavy atom. The summed E-state index contributed by atoms with van der Waals surface area (Å²) in [6.07, 6.45) is 0. The number of anilines is 1. The van der Waals surface area contributed by atoms with E-state index in [0.717, 1.165) is 15.9 Å². The summed E-state index contributed by atoms with van der Waals surface area (Å²) in [5.74, 6) is -0.939. The fraction of sp³-hybridized carbons (Fsp3) is 0.200. The molecule has 1 N–H and O–H groups in total. The Hall–Kier alpha value is -1.88. The molecule has 0 spiro atoms. The van der Waals surface area contributed by atoms with E-state index >= 15 is 0 Å². The Kier molecular flexibility index (Phi) is 4.39. The molecule has 0 aliphatic carbocycles. The third-order valence-electron chi connectivity index (χ3n) is 2.95. The normalized spacial score (nSPS) is 10.3. The van der Waals surface area contributed by atoms with E-state index in [4.69, 9.17) is 0 Å². The Morgan fingerprint density at radius 2 is 2.10 bits per heavy atom. The van der Waals surface area contributed by atoms with Gasteiger partial charge in [0.15, 0.2) is 0 Å². The first kappa shape index (κ1) is 14.5. The third-order valence-corrected chi connectivity index (χ3v) is 3.44. The highest BCUT2D eigenvalue weighted by Crippen LogP contribution is 2.25. The van der Waals surface area contributed by atoms with Crippen molar-refractivity contribution in [2.75, 3.05) is 11.9 Å². The minimum absolute atomic E-state index is 0.273. The highest BCUT2D eigenvalue weighted by molar-refractivity contribution is 9.10. The SMILES string of the molecule is Cc1cccc(CN(C)c2ccc(Br)cc2C(=O)O)n1. The molecule has 0 atom stereocenters. The van der Waals surface area contributed by atoms with Crippen LogP contribution in [0.15, 0.2) is 40.9 Å². The second-order valence-corrected chi connectivity index (χ2v) is 5.51. The van der Waals surface area contributed by atoms with Crippen molar-refractivity contribution in [2.45, 2.75) is 13.5 Å². The lowest BCUT2D eigenvalue weighted by Gasteiger charge is -2.21. The van der Waals surface area contributed by atoms with Gasteiger partial charge in [-0.15, -0.1) is 0 Å². The number of rotatable bonds is 4. The van der Waals surface area contributed by atoms with Gasteiger partial charge in [0.25, 0.3) is 0 Å². The number of carboxylic acids is 1. The maximum atomic E-state index is 11.3. The number of hydrogen-bond donors (Lipinski definition) is 1. The Morgan fingerprint density at radius 1 is 1.35 bits per heavy atom. The summed E-state index contributed by atoms with van der Waals surface area (Å²) < 4.78 is 0.751. The number of carboxylic acid groups (broad SMARTS) is 1. The Bertz CT molecular complexity index is 644. The van der Waals surface area contributed by atoms with Crippen LogP contribution in [0.25, 0.3) is 0 Å². The lowest BCUT2D eigenvalue weighted by atomic mass is 10.1. The van der Waals surface area contributed by atoms with Crippen molar-refractivity contribution in [3.05, 3.63) is 57.8 Å². The van der Waals surface area contributed by atoms with Crippen molar-refractivity contribution in [1.82, 2.24) is 4.98 Å². The molecule has 0 radical (unpaired) electrons. The first-order valence-corrected chi connectivity index (χ1v) is 6.93. The van der Waals surface area contributed by atoms with Crippen LogP contribution in [-0.4, -0.2) is 23.1 Å². The lowest BCUT2D eigenvalue weighted by Crippen LogP contribution is -2.20. The van der Waals surface area contributed by atoms with Crippen LogP contribution in [0, 0.1) is 6.92 Å². The summed E-state index contributed by atoms with van der Waals surface area (Å²) >= 11 is 3.30. The summed E-state index contributed by atoms with van der Waals surface area (Å²) in [5.41, 5.74) is 2.80. The van der Waals surface area contributed by atoms with Crippen LogP contribution in [0.3, 0.4) is 0 Å². The predicted molar refractivity (Wildman–Crippen MR) is 82.2 cm³/mol. The van der Waals surface area contributed by atoms with E-state index in [9.17, 15) is 9.90 Å². The van der Waals surface area contributed by atoms with Crippen molar-refractivity contribution in [2.24, 2.45) is 0 Å². The molecule has 1 aromatic carbocycles. The van der Waals surface area contributed by atoms with Crippen molar-refractivity contribution < 1.29 is 9.90 Å². The van der Waals surface area contributed by atoms with Gasteiger partial charge in [-0.1, -0.05) is 22.0 Å². The molecule has 0 saturated carbocycles. The summed E-state index contributed by atoms with van der Waals surface area (Å²) in [5, 5.41) is 9.29. The third kappa shape index (κ3) is 3.36. The number of aromatic carboxylic acids is 1. The van der Waals surface area contributed by atoms with E-state index in [1.165, 1.54) is 0 Å². The largest absolute Gasteiger partial charge is 0.478 e. The number of aromatic nitrogens is 1. The average Bonchev–Trinajstić information content (AvgIpc) is 2.38. The van der Waals surface area contributed by atoms with E-state index in [2.05, 4.69) is 20.9 Å². The van der Waals surface area contributed by atoms with Gasteiger partial charge in [0, 0.05) is 17.2 Å². The van der Waals surface area contributed by atoms with Gasteiger partial charge in [-0.05, 0) is 37.3 Å². The molecule has 104 valence electrons. The number of halogens is 1. The fourth-order valence-corrected chi connectivity index (χ4v) is 2.39. The number of aryl methyl sites for hydroxylation is 1. The highest BCUT2D eigenvalue weighted by atomic mass is 79.9. The van der Waals surface area contributed by atoms with Crippen LogP contribution in [0.5, 0.6) is 0 Å².